The van der Waals surface area contributed by atoms with Crippen molar-refractivity contribution in [2.75, 3.05) is 5.32 Å². The second kappa shape index (κ2) is 3.91. The van der Waals surface area contributed by atoms with Crippen LogP contribution in [0.1, 0.15) is 24.3 Å². The van der Waals surface area contributed by atoms with Gasteiger partial charge in [0.2, 0.25) is 5.91 Å². The number of nitrogens with zero attached hydrogens (tertiary/aromatic N) is 2. The van der Waals surface area contributed by atoms with Crippen LogP contribution < -0.4 is 5.32 Å². The Labute approximate surface area is 80.5 Å². The van der Waals surface area contributed by atoms with Crippen molar-refractivity contribution in [2.45, 2.75) is 20.4 Å². The fourth-order valence-corrected chi connectivity index (χ4v) is 1.02. The molecule has 6 heteroatoms. The van der Waals surface area contributed by atoms with Gasteiger partial charge >= 0.3 is 5.97 Å². The molecule has 0 saturated carbocycles. The van der Waals surface area contributed by atoms with Gasteiger partial charge in [-0.05, 0) is 6.92 Å². The van der Waals surface area contributed by atoms with E-state index in [9.17, 15) is 9.59 Å². The third-order valence-corrected chi connectivity index (χ3v) is 1.60. The van der Waals surface area contributed by atoms with Gasteiger partial charge in [-0.3, -0.25) is 9.48 Å². The normalized spacial score (nSPS) is 9.86. The molecular weight excluding hydrogens is 186 g/mol. The molecule has 0 aliphatic rings. The monoisotopic (exact) mass is 197 g/mol. The van der Waals surface area contributed by atoms with Crippen molar-refractivity contribution in [2.24, 2.45) is 0 Å². The summed E-state index contributed by atoms with van der Waals surface area (Å²) in [6.45, 7) is 3.70. The number of aromatic nitrogens is 2. The molecule has 0 aromatic carbocycles. The van der Waals surface area contributed by atoms with E-state index in [2.05, 4.69) is 10.4 Å². The molecule has 2 N–H and O–H groups in total. The first kappa shape index (κ1) is 10.2. The van der Waals surface area contributed by atoms with Gasteiger partial charge in [-0.2, -0.15) is 5.10 Å². The molecule has 1 heterocycles. The Kier molecular flexibility index (Phi) is 2.85. The van der Waals surface area contributed by atoms with E-state index in [1.54, 1.807) is 0 Å². The van der Waals surface area contributed by atoms with Gasteiger partial charge < -0.3 is 10.4 Å². The van der Waals surface area contributed by atoms with Gasteiger partial charge in [-0.1, -0.05) is 0 Å². The average molecular weight is 197 g/mol. The molecule has 0 aliphatic heterocycles. The summed E-state index contributed by atoms with van der Waals surface area (Å²) >= 11 is 0. The van der Waals surface area contributed by atoms with Gasteiger partial charge in [0.25, 0.3) is 0 Å². The molecule has 0 aliphatic carbocycles. The number of hydrogen-bond acceptors (Lipinski definition) is 3. The third-order valence-electron chi connectivity index (χ3n) is 1.60. The Balaban J connectivity index is 3.05. The van der Waals surface area contributed by atoms with E-state index in [0.29, 0.717) is 6.54 Å². The van der Waals surface area contributed by atoms with Gasteiger partial charge in [-0.25, -0.2) is 4.79 Å². The molecule has 0 fully saturated rings. The van der Waals surface area contributed by atoms with Crippen LogP contribution in [0.4, 0.5) is 5.69 Å². The molecule has 76 valence electrons. The van der Waals surface area contributed by atoms with E-state index >= 15 is 0 Å². The van der Waals surface area contributed by atoms with E-state index in [-0.39, 0.29) is 17.3 Å². The van der Waals surface area contributed by atoms with Crippen molar-refractivity contribution in [3.63, 3.8) is 0 Å². The van der Waals surface area contributed by atoms with Gasteiger partial charge in [0.1, 0.15) is 0 Å². The van der Waals surface area contributed by atoms with E-state index < -0.39 is 5.97 Å². The fourth-order valence-electron chi connectivity index (χ4n) is 1.02. The van der Waals surface area contributed by atoms with Gasteiger partial charge in [0.15, 0.2) is 5.69 Å². The number of carbonyl (C=O) groups excluding carboxylic acids is 1. The van der Waals surface area contributed by atoms with E-state index in [0.717, 1.165) is 0 Å². The molecule has 6 nitrogen and oxygen atoms in total. The molecule has 1 amide bonds. The van der Waals surface area contributed by atoms with Crippen LogP contribution in [0.2, 0.25) is 0 Å². The summed E-state index contributed by atoms with van der Waals surface area (Å²) in [5.74, 6) is -1.47. The number of aryl methyl sites for hydroxylation is 1. The summed E-state index contributed by atoms with van der Waals surface area (Å²) in [5.41, 5.74) is 0.0916. The Morgan fingerprint density at radius 2 is 2.29 bits per heavy atom. The summed E-state index contributed by atoms with van der Waals surface area (Å²) in [7, 11) is 0. The lowest BCUT2D eigenvalue weighted by molar-refractivity contribution is -0.114. The second-order valence-corrected chi connectivity index (χ2v) is 2.73. The van der Waals surface area contributed by atoms with Gasteiger partial charge in [0, 0.05) is 19.7 Å². The minimum Gasteiger partial charge on any atom is -0.476 e. The molecule has 0 bridgehead atoms. The van der Waals surface area contributed by atoms with Crippen molar-refractivity contribution in [3.8, 4) is 0 Å². The van der Waals surface area contributed by atoms with Crippen molar-refractivity contribution >= 4 is 17.6 Å². The highest BCUT2D eigenvalue weighted by Gasteiger charge is 2.15. The summed E-state index contributed by atoms with van der Waals surface area (Å²) < 4.78 is 1.45. The summed E-state index contributed by atoms with van der Waals surface area (Å²) in [5, 5.41) is 15.0. The topological polar surface area (TPSA) is 84.2 Å². The first-order valence-corrected chi connectivity index (χ1v) is 4.13. The highest BCUT2D eigenvalue weighted by atomic mass is 16.4. The highest BCUT2D eigenvalue weighted by molar-refractivity contribution is 5.98. The van der Waals surface area contributed by atoms with Crippen LogP contribution in [0, 0.1) is 0 Å². The molecule has 0 atom stereocenters. The predicted octanol–water partition coefficient (Wildman–Crippen LogP) is 0.560. The molecule has 0 unspecified atom stereocenters. The average Bonchev–Trinajstić information content (AvgIpc) is 2.46. The quantitative estimate of drug-likeness (QED) is 0.741. The Hall–Kier alpha value is -1.85. The minimum absolute atomic E-state index is 0.137. The van der Waals surface area contributed by atoms with E-state index in [4.69, 9.17) is 5.11 Å². The number of carboxylic acid groups (broad SMARTS) is 1. The molecule has 1 aromatic rings. The van der Waals surface area contributed by atoms with Crippen LogP contribution >= 0.6 is 0 Å². The number of amides is 1. The van der Waals surface area contributed by atoms with E-state index in [1.807, 2.05) is 6.92 Å². The minimum atomic E-state index is -1.15. The van der Waals surface area contributed by atoms with Gasteiger partial charge in [-0.15, -0.1) is 0 Å². The maximum absolute atomic E-state index is 10.7. The predicted molar refractivity (Wildman–Crippen MR) is 49.2 cm³/mol. The fraction of sp³-hybridized carbons (Fsp3) is 0.375. The zero-order valence-corrected chi connectivity index (χ0v) is 7.94. The summed E-state index contributed by atoms with van der Waals surface area (Å²) in [4.78, 5) is 21.4. The number of carboxylic acids is 1. The number of carbonyl (C=O) groups is 2. The number of nitrogens with one attached hydrogen (secondary N) is 1. The lowest BCUT2D eigenvalue weighted by Crippen LogP contribution is -2.09. The number of rotatable bonds is 3. The van der Waals surface area contributed by atoms with Crippen LogP contribution in [-0.4, -0.2) is 26.8 Å². The van der Waals surface area contributed by atoms with Crippen molar-refractivity contribution < 1.29 is 14.7 Å². The van der Waals surface area contributed by atoms with Crippen molar-refractivity contribution in [3.05, 3.63) is 11.9 Å². The van der Waals surface area contributed by atoms with E-state index in [1.165, 1.54) is 17.8 Å². The van der Waals surface area contributed by atoms with Crippen LogP contribution in [0.5, 0.6) is 0 Å². The maximum Gasteiger partial charge on any atom is 0.358 e. The SMILES string of the molecule is CCn1cc(NC(C)=O)c(C(=O)O)n1. The molecule has 1 rings (SSSR count). The van der Waals surface area contributed by atoms with Crippen LogP contribution in [0.25, 0.3) is 0 Å². The largest absolute Gasteiger partial charge is 0.476 e. The molecule has 0 spiro atoms. The molecule has 0 saturated heterocycles. The van der Waals surface area contributed by atoms with Crippen molar-refractivity contribution in [1.82, 2.24) is 9.78 Å². The zero-order chi connectivity index (χ0) is 10.7. The first-order chi connectivity index (χ1) is 6.54. The standard InChI is InChI=1S/C8H11N3O3/c1-3-11-4-6(9-5(2)12)7(10-11)8(13)14/h4H,3H2,1-2H3,(H,9,12)(H,13,14). The third kappa shape index (κ3) is 2.09. The Bertz CT molecular complexity index is 370. The number of anilines is 1. The lowest BCUT2D eigenvalue weighted by Gasteiger charge is -1.96. The summed E-state index contributed by atoms with van der Waals surface area (Å²) in [6.07, 6.45) is 1.49. The smallest absolute Gasteiger partial charge is 0.358 e. The van der Waals surface area contributed by atoms with Crippen LogP contribution in [0.3, 0.4) is 0 Å². The first-order valence-electron chi connectivity index (χ1n) is 4.13. The van der Waals surface area contributed by atoms with Gasteiger partial charge in [0.05, 0.1) is 5.69 Å². The molecular formula is C8H11N3O3. The molecule has 0 radical (unpaired) electrons. The molecule has 1 aromatic heterocycles. The Morgan fingerprint density at radius 3 is 2.71 bits per heavy atom. The number of hydrogen-bond donors (Lipinski definition) is 2. The second-order valence-electron chi connectivity index (χ2n) is 2.73. The van der Waals surface area contributed by atoms with Crippen molar-refractivity contribution in [1.29, 1.82) is 0 Å². The highest BCUT2D eigenvalue weighted by Crippen LogP contribution is 2.13. The van der Waals surface area contributed by atoms with Crippen LogP contribution in [0.15, 0.2) is 6.20 Å². The Morgan fingerprint density at radius 1 is 1.64 bits per heavy atom. The molecule has 14 heavy (non-hydrogen) atoms. The number of aromatic carboxylic acids is 1. The lowest BCUT2D eigenvalue weighted by atomic mass is 10.3. The van der Waals surface area contributed by atoms with Crippen LogP contribution in [-0.2, 0) is 11.3 Å². The maximum atomic E-state index is 10.7. The summed E-state index contributed by atoms with van der Waals surface area (Å²) in [6, 6.07) is 0. The zero-order valence-electron chi connectivity index (χ0n) is 7.94.